The number of benzene rings is 2. The van der Waals surface area contributed by atoms with Crippen molar-refractivity contribution in [2.24, 2.45) is 16.7 Å². The highest BCUT2D eigenvalue weighted by Gasteiger charge is 2.59. The molecule has 34 heavy (non-hydrogen) atoms. The summed E-state index contributed by atoms with van der Waals surface area (Å²) < 4.78 is 1.73. The van der Waals surface area contributed by atoms with Gasteiger partial charge in [0.25, 0.3) is 5.91 Å². The highest BCUT2D eigenvalue weighted by atomic mass is 35.5. The summed E-state index contributed by atoms with van der Waals surface area (Å²) in [7, 11) is 0. The Morgan fingerprint density at radius 1 is 1.06 bits per heavy atom. The summed E-state index contributed by atoms with van der Waals surface area (Å²) in [6, 6.07) is 14.8. The summed E-state index contributed by atoms with van der Waals surface area (Å²) in [5.41, 5.74) is 3.16. The van der Waals surface area contributed by atoms with Crippen LogP contribution in [-0.4, -0.2) is 21.7 Å². The molecule has 178 valence electrons. The molecule has 0 saturated heterocycles. The van der Waals surface area contributed by atoms with Gasteiger partial charge in [-0.1, -0.05) is 73.8 Å². The fourth-order valence-electron chi connectivity index (χ4n) is 6.16. The van der Waals surface area contributed by atoms with Gasteiger partial charge in [0.1, 0.15) is 5.69 Å². The molecule has 2 aliphatic rings. The van der Waals surface area contributed by atoms with Crippen LogP contribution in [-0.2, 0) is 6.54 Å². The quantitative estimate of drug-likeness (QED) is 0.381. The molecule has 0 aliphatic heterocycles. The molecular formula is C27H28Cl3N3O. The summed E-state index contributed by atoms with van der Waals surface area (Å²) in [5.74, 6) is 0.537. The first-order valence-electron chi connectivity index (χ1n) is 11.7. The standard InChI is InChI=1S/C27H28Cl3N3O/c1-26(2)18-10-11-27(3,14-18)25(26)31-24(34)23-13-22(16-4-7-19(28)8-5-16)32-33(23)15-17-6-9-20(29)12-21(17)30/h4-9,12-13,18,25H,10-11,14-15H2,1-3H3,(H,31,34)/t18?,25?,27-/m0/s1. The molecule has 4 nitrogen and oxygen atoms in total. The number of nitrogens with zero attached hydrogens (tertiary/aromatic N) is 2. The molecule has 0 radical (unpaired) electrons. The van der Waals surface area contributed by atoms with Crippen molar-refractivity contribution >= 4 is 40.7 Å². The van der Waals surface area contributed by atoms with Gasteiger partial charge in [0, 0.05) is 26.7 Å². The van der Waals surface area contributed by atoms with E-state index in [0.717, 1.165) is 17.5 Å². The van der Waals surface area contributed by atoms with Crippen LogP contribution in [0.1, 0.15) is 56.1 Å². The summed E-state index contributed by atoms with van der Waals surface area (Å²) in [5, 5.41) is 9.96. The predicted octanol–water partition coefficient (Wildman–Crippen LogP) is 7.50. The van der Waals surface area contributed by atoms with E-state index in [1.54, 1.807) is 16.8 Å². The Morgan fingerprint density at radius 2 is 1.76 bits per heavy atom. The van der Waals surface area contributed by atoms with Gasteiger partial charge in [0.2, 0.25) is 0 Å². The van der Waals surface area contributed by atoms with Crippen molar-refractivity contribution in [3.05, 3.63) is 74.9 Å². The number of fused-ring (bicyclic) bond motifs is 2. The van der Waals surface area contributed by atoms with E-state index in [9.17, 15) is 4.79 Å². The van der Waals surface area contributed by atoms with Gasteiger partial charge >= 0.3 is 0 Å². The molecule has 2 bridgehead atoms. The van der Waals surface area contributed by atoms with E-state index in [0.29, 0.717) is 38.9 Å². The maximum atomic E-state index is 13.7. The van der Waals surface area contributed by atoms with Crippen LogP contribution in [0.2, 0.25) is 15.1 Å². The van der Waals surface area contributed by atoms with Crippen LogP contribution in [0.3, 0.4) is 0 Å². The van der Waals surface area contributed by atoms with Crippen LogP contribution in [0, 0.1) is 16.7 Å². The highest BCUT2D eigenvalue weighted by Crippen LogP contribution is 2.62. The molecule has 2 aliphatic carbocycles. The summed E-state index contributed by atoms with van der Waals surface area (Å²) >= 11 is 18.6. The third-order valence-corrected chi connectivity index (χ3v) is 8.87. The zero-order valence-corrected chi connectivity index (χ0v) is 21.8. The average molecular weight is 517 g/mol. The maximum Gasteiger partial charge on any atom is 0.269 e. The molecular weight excluding hydrogens is 489 g/mol. The lowest BCUT2D eigenvalue weighted by molar-refractivity contribution is 0.0728. The van der Waals surface area contributed by atoms with Crippen LogP contribution in [0.15, 0.2) is 48.5 Å². The molecule has 1 N–H and O–H groups in total. The first kappa shape index (κ1) is 23.7. The summed E-state index contributed by atoms with van der Waals surface area (Å²) in [4.78, 5) is 13.7. The van der Waals surface area contributed by atoms with Crippen molar-refractivity contribution in [3.63, 3.8) is 0 Å². The lowest BCUT2D eigenvalue weighted by atomic mass is 9.68. The van der Waals surface area contributed by atoms with Crippen molar-refractivity contribution < 1.29 is 4.79 Å². The zero-order chi connectivity index (χ0) is 24.3. The fourth-order valence-corrected chi connectivity index (χ4v) is 6.75. The molecule has 2 saturated carbocycles. The number of rotatable bonds is 5. The van der Waals surface area contributed by atoms with Gasteiger partial charge in [0.15, 0.2) is 0 Å². The molecule has 2 fully saturated rings. The average Bonchev–Trinajstić information content (AvgIpc) is 3.43. The van der Waals surface area contributed by atoms with Gasteiger partial charge in [0.05, 0.1) is 12.2 Å². The van der Waals surface area contributed by atoms with Crippen LogP contribution in [0.25, 0.3) is 11.3 Å². The minimum atomic E-state index is -0.107. The molecule has 1 heterocycles. The van der Waals surface area contributed by atoms with Gasteiger partial charge in [-0.3, -0.25) is 9.48 Å². The van der Waals surface area contributed by atoms with Gasteiger partial charge in [-0.05, 0) is 71.9 Å². The Morgan fingerprint density at radius 3 is 2.41 bits per heavy atom. The van der Waals surface area contributed by atoms with E-state index >= 15 is 0 Å². The molecule has 1 amide bonds. The van der Waals surface area contributed by atoms with E-state index in [2.05, 4.69) is 26.1 Å². The number of hydrogen-bond donors (Lipinski definition) is 1. The van der Waals surface area contributed by atoms with Crippen molar-refractivity contribution in [1.29, 1.82) is 0 Å². The smallest absolute Gasteiger partial charge is 0.269 e. The summed E-state index contributed by atoms with van der Waals surface area (Å²) in [6.45, 7) is 7.25. The molecule has 1 aromatic heterocycles. The normalized spacial score (nSPS) is 25.0. The van der Waals surface area contributed by atoms with Crippen LogP contribution in [0.4, 0.5) is 0 Å². The van der Waals surface area contributed by atoms with Gasteiger partial charge in [-0.25, -0.2) is 0 Å². The van der Waals surface area contributed by atoms with Gasteiger partial charge in [-0.2, -0.15) is 5.10 Å². The molecule has 3 aromatic rings. The second-order valence-corrected chi connectivity index (χ2v) is 11.9. The van der Waals surface area contributed by atoms with E-state index in [4.69, 9.17) is 39.9 Å². The SMILES string of the molecule is CC1(C)C2CC[C@@](C)(C2)C1NC(=O)c1cc(-c2ccc(Cl)cc2)nn1Cc1ccc(Cl)cc1Cl. The number of carbonyl (C=O) groups is 1. The van der Waals surface area contributed by atoms with E-state index in [1.807, 2.05) is 36.4 Å². The second kappa shape index (κ2) is 8.58. The number of nitrogens with one attached hydrogen (secondary N) is 1. The minimum Gasteiger partial charge on any atom is -0.347 e. The third kappa shape index (κ3) is 4.14. The first-order valence-corrected chi connectivity index (χ1v) is 12.8. The minimum absolute atomic E-state index is 0.0615. The van der Waals surface area contributed by atoms with E-state index in [-0.39, 0.29) is 22.8 Å². The Hall–Kier alpha value is -2.01. The van der Waals surface area contributed by atoms with Crippen molar-refractivity contribution in [2.45, 2.75) is 52.6 Å². The molecule has 2 aromatic carbocycles. The van der Waals surface area contributed by atoms with E-state index < -0.39 is 0 Å². The lowest BCUT2D eigenvalue weighted by Crippen LogP contribution is -2.52. The van der Waals surface area contributed by atoms with Crippen LogP contribution < -0.4 is 5.32 Å². The number of aromatic nitrogens is 2. The number of halogens is 3. The van der Waals surface area contributed by atoms with Crippen molar-refractivity contribution in [3.8, 4) is 11.3 Å². The van der Waals surface area contributed by atoms with Gasteiger partial charge < -0.3 is 5.32 Å². The monoisotopic (exact) mass is 515 g/mol. The van der Waals surface area contributed by atoms with Gasteiger partial charge in [-0.15, -0.1) is 0 Å². The largest absolute Gasteiger partial charge is 0.347 e. The van der Waals surface area contributed by atoms with Crippen molar-refractivity contribution in [1.82, 2.24) is 15.1 Å². The Kier molecular flexibility index (Phi) is 5.99. The molecule has 0 spiro atoms. The van der Waals surface area contributed by atoms with E-state index in [1.165, 1.54) is 12.8 Å². The molecule has 7 heteroatoms. The highest BCUT2D eigenvalue weighted by molar-refractivity contribution is 6.35. The van der Waals surface area contributed by atoms with Crippen molar-refractivity contribution in [2.75, 3.05) is 0 Å². The first-order chi connectivity index (χ1) is 16.1. The Balaban J connectivity index is 1.50. The predicted molar refractivity (Wildman–Crippen MR) is 139 cm³/mol. The number of amides is 1. The zero-order valence-electron chi connectivity index (χ0n) is 19.5. The maximum absolute atomic E-state index is 13.7. The molecule has 5 rings (SSSR count). The second-order valence-electron chi connectivity index (χ2n) is 10.6. The lowest BCUT2D eigenvalue weighted by Gasteiger charge is -2.43. The Labute approximate surface area is 215 Å². The molecule has 3 atom stereocenters. The fraction of sp³-hybridized carbons (Fsp3) is 0.407. The Bertz CT molecular complexity index is 1250. The number of carbonyl (C=O) groups excluding carboxylic acids is 1. The third-order valence-electron chi connectivity index (χ3n) is 8.03. The van der Waals surface area contributed by atoms with Crippen LogP contribution in [0.5, 0.6) is 0 Å². The molecule has 2 unspecified atom stereocenters. The topological polar surface area (TPSA) is 46.9 Å². The summed E-state index contributed by atoms with van der Waals surface area (Å²) in [6.07, 6.45) is 3.56. The van der Waals surface area contributed by atoms with Crippen LogP contribution >= 0.6 is 34.8 Å². The number of hydrogen-bond acceptors (Lipinski definition) is 2.